The summed E-state index contributed by atoms with van der Waals surface area (Å²) in [4.78, 5) is 12.1. The second kappa shape index (κ2) is 6.45. The maximum absolute atomic E-state index is 12.1. The van der Waals surface area contributed by atoms with Crippen LogP contribution in [0.1, 0.15) is 42.5 Å². The number of carbonyl (C=O) groups excluding carboxylic acids is 1. The number of amides is 1. The van der Waals surface area contributed by atoms with Crippen molar-refractivity contribution in [3.63, 3.8) is 0 Å². The number of hydrogen-bond donors (Lipinski definition) is 2. The van der Waals surface area contributed by atoms with Crippen molar-refractivity contribution in [2.45, 2.75) is 32.1 Å². The van der Waals surface area contributed by atoms with Crippen LogP contribution in [0.5, 0.6) is 5.75 Å². The number of anilines is 1. The summed E-state index contributed by atoms with van der Waals surface area (Å²) in [5.74, 6) is 1.13. The third-order valence-electron chi connectivity index (χ3n) is 3.81. The maximum atomic E-state index is 12.1. The van der Waals surface area contributed by atoms with E-state index in [-0.39, 0.29) is 5.91 Å². The molecule has 4 heteroatoms. The van der Waals surface area contributed by atoms with Gasteiger partial charge in [-0.3, -0.25) is 4.79 Å². The van der Waals surface area contributed by atoms with Crippen molar-refractivity contribution < 1.29 is 9.53 Å². The van der Waals surface area contributed by atoms with Gasteiger partial charge in [0.15, 0.2) is 5.75 Å². The van der Waals surface area contributed by atoms with Crippen molar-refractivity contribution in [2.75, 3.05) is 19.4 Å². The molecule has 1 amide bonds. The zero-order valence-corrected chi connectivity index (χ0v) is 11.4. The number of hydrogen-bond acceptors (Lipinski definition) is 3. The molecule has 0 spiro atoms. The van der Waals surface area contributed by atoms with Crippen LogP contribution in [0, 0.1) is 5.92 Å². The van der Waals surface area contributed by atoms with Gasteiger partial charge in [-0.15, -0.1) is 0 Å². The summed E-state index contributed by atoms with van der Waals surface area (Å²) in [6, 6.07) is 5.23. The number of benzene rings is 1. The van der Waals surface area contributed by atoms with Crippen LogP contribution in [-0.2, 0) is 0 Å². The van der Waals surface area contributed by atoms with E-state index in [0.717, 1.165) is 18.9 Å². The lowest BCUT2D eigenvalue weighted by Gasteiger charge is -2.12. The van der Waals surface area contributed by atoms with Gasteiger partial charge in [0.2, 0.25) is 0 Å². The Balaban J connectivity index is 1.90. The van der Waals surface area contributed by atoms with Crippen molar-refractivity contribution in [3.8, 4) is 5.75 Å². The lowest BCUT2D eigenvalue weighted by molar-refractivity contribution is 0.0948. The van der Waals surface area contributed by atoms with Gasteiger partial charge < -0.3 is 15.8 Å². The molecule has 0 atom stereocenters. The van der Waals surface area contributed by atoms with Gasteiger partial charge in [-0.2, -0.15) is 0 Å². The van der Waals surface area contributed by atoms with Gasteiger partial charge >= 0.3 is 0 Å². The molecule has 1 aromatic carbocycles. The molecule has 0 aromatic heterocycles. The van der Waals surface area contributed by atoms with E-state index in [1.165, 1.54) is 32.8 Å². The largest absolute Gasteiger partial charge is 0.494 e. The molecule has 1 saturated carbocycles. The molecule has 1 aliphatic carbocycles. The SMILES string of the molecule is COc1c(N)cccc1C(=O)NCCC1CCCC1. The van der Waals surface area contributed by atoms with Crippen LogP contribution in [0.4, 0.5) is 5.69 Å². The Morgan fingerprint density at radius 2 is 2.16 bits per heavy atom. The van der Waals surface area contributed by atoms with Crippen LogP contribution in [0.15, 0.2) is 18.2 Å². The summed E-state index contributed by atoms with van der Waals surface area (Å²) in [7, 11) is 1.53. The van der Waals surface area contributed by atoms with E-state index in [4.69, 9.17) is 10.5 Å². The molecule has 3 N–H and O–H groups in total. The maximum Gasteiger partial charge on any atom is 0.255 e. The summed E-state index contributed by atoms with van der Waals surface area (Å²) < 4.78 is 5.19. The Labute approximate surface area is 114 Å². The van der Waals surface area contributed by atoms with Gasteiger partial charge in [0.05, 0.1) is 18.4 Å². The summed E-state index contributed by atoms with van der Waals surface area (Å²) >= 11 is 0. The lowest BCUT2D eigenvalue weighted by atomic mass is 10.0. The minimum Gasteiger partial charge on any atom is -0.494 e. The zero-order valence-electron chi connectivity index (χ0n) is 11.4. The van der Waals surface area contributed by atoms with Crippen molar-refractivity contribution in [3.05, 3.63) is 23.8 Å². The van der Waals surface area contributed by atoms with E-state index in [1.807, 2.05) is 0 Å². The Morgan fingerprint density at radius 3 is 2.84 bits per heavy atom. The molecule has 19 heavy (non-hydrogen) atoms. The first kappa shape index (κ1) is 13.7. The van der Waals surface area contributed by atoms with Gasteiger partial charge in [-0.1, -0.05) is 31.7 Å². The Bertz CT molecular complexity index is 440. The van der Waals surface area contributed by atoms with E-state index in [1.54, 1.807) is 18.2 Å². The molecule has 1 aliphatic rings. The van der Waals surface area contributed by atoms with Gasteiger partial charge in [0.25, 0.3) is 5.91 Å². The first-order valence-corrected chi connectivity index (χ1v) is 6.93. The molecule has 2 rings (SSSR count). The fraction of sp³-hybridized carbons (Fsp3) is 0.533. The highest BCUT2D eigenvalue weighted by Crippen LogP contribution is 2.27. The Morgan fingerprint density at radius 1 is 1.42 bits per heavy atom. The van der Waals surface area contributed by atoms with E-state index in [2.05, 4.69) is 5.32 Å². The average molecular weight is 262 g/mol. The summed E-state index contributed by atoms with van der Waals surface area (Å²) in [5, 5.41) is 2.95. The number of nitrogens with two attached hydrogens (primary N) is 1. The molecule has 0 saturated heterocycles. The third-order valence-corrected chi connectivity index (χ3v) is 3.81. The third kappa shape index (κ3) is 3.40. The molecule has 0 bridgehead atoms. The van der Waals surface area contributed by atoms with E-state index in [9.17, 15) is 4.79 Å². The Hall–Kier alpha value is -1.71. The first-order valence-electron chi connectivity index (χ1n) is 6.93. The van der Waals surface area contributed by atoms with Crippen LogP contribution in [0.2, 0.25) is 0 Å². The second-order valence-corrected chi connectivity index (χ2v) is 5.12. The molecular formula is C15H22N2O2. The number of ether oxygens (including phenoxy) is 1. The number of nitrogen functional groups attached to an aromatic ring is 1. The van der Waals surface area contributed by atoms with Crippen LogP contribution < -0.4 is 15.8 Å². The topological polar surface area (TPSA) is 64.3 Å². The highest BCUT2D eigenvalue weighted by atomic mass is 16.5. The number of carbonyl (C=O) groups is 1. The lowest BCUT2D eigenvalue weighted by Crippen LogP contribution is -2.26. The molecule has 0 heterocycles. The van der Waals surface area contributed by atoms with Crippen LogP contribution >= 0.6 is 0 Å². The Kier molecular flexibility index (Phi) is 4.66. The van der Waals surface area contributed by atoms with Crippen molar-refractivity contribution in [2.24, 2.45) is 5.92 Å². The summed E-state index contributed by atoms with van der Waals surface area (Å²) in [6.07, 6.45) is 6.34. The molecule has 104 valence electrons. The minimum absolute atomic E-state index is 0.109. The van der Waals surface area contributed by atoms with Crippen LogP contribution in [0.3, 0.4) is 0 Å². The molecule has 0 unspecified atom stereocenters. The highest BCUT2D eigenvalue weighted by Gasteiger charge is 2.17. The van der Waals surface area contributed by atoms with E-state index in [0.29, 0.717) is 17.0 Å². The molecule has 4 nitrogen and oxygen atoms in total. The smallest absolute Gasteiger partial charge is 0.255 e. The number of methoxy groups -OCH3 is 1. The van der Waals surface area contributed by atoms with E-state index < -0.39 is 0 Å². The summed E-state index contributed by atoms with van der Waals surface area (Å²) in [6.45, 7) is 0.724. The van der Waals surface area contributed by atoms with Crippen molar-refractivity contribution in [1.29, 1.82) is 0 Å². The molecular weight excluding hydrogens is 240 g/mol. The molecule has 1 aromatic rings. The monoisotopic (exact) mass is 262 g/mol. The van der Waals surface area contributed by atoms with Gasteiger partial charge in [0.1, 0.15) is 0 Å². The van der Waals surface area contributed by atoms with Crippen molar-refractivity contribution >= 4 is 11.6 Å². The number of nitrogens with one attached hydrogen (secondary N) is 1. The minimum atomic E-state index is -0.109. The van der Waals surface area contributed by atoms with Gasteiger partial charge in [0, 0.05) is 6.54 Å². The zero-order chi connectivity index (χ0) is 13.7. The predicted octanol–water partition coefficient (Wildman–Crippen LogP) is 2.59. The normalized spacial score (nSPS) is 15.4. The van der Waals surface area contributed by atoms with Crippen LogP contribution in [0.25, 0.3) is 0 Å². The fourth-order valence-corrected chi connectivity index (χ4v) is 2.75. The van der Waals surface area contributed by atoms with E-state index >= 15 is 0 Å². The number of para-hydroxylation sites is 1. The first-order chi connectivity index (χ1) is 9.22. The van der Waals surface area contributed by atoms with Gasteiger partial charge in [-0.25, -0.2) is 0 Å². The van der Waals surface area contributed by atoms with Gasteiger partial charge in [-0.05, 0) is 24.5 Å². The number of rotatable bonds is 5. The van der Waals surface area contributed by atoms with Crippen LogP contribution in [-0.4, -0.2) is 19.6 Å². The standard InChI is InChI=1S/C15H22N2O2/c1-19-14-12(7-4-8-13(14)16)15(18)17-10-9-11-5-2-3-6-11/h4,7-8,11H,2-3,5-6,9-10,16H2,1H3,(H,17,18). The quantitative estimate of drug-likeness (QED) is 0.802. The summed E-state index contributed by atoms with van der Waals surface area (Å²) in [5.41, 5.74) is 6.79. The molecule has 0 radical (unpaired) electrons. The fourth-order valence-electron chi connectivity index (χ4n) is 2.75. The average Bonchev–Trinajstić information content (AvgIpc) is 2.91. The predicted molar refractivity (Wildman–Crippen MR) is 76.3 cm³/mol. The second-order valence-electron chi connectivity index (χ2n) is 5.12. The molecule has 0 aliphatic heterocycles. The highest BCUT2D eigenvalue weighted by molar-refractivity contribution is 5.98. The molecule has 1 fully saturated rings. The van der Waals surface area contributed by atoms with Crippen molar-refractivity contribution in [1.82, 2.24) is 5.32 Å².